The van der Waals surface area contributed by atoms with E-state index in [1.54, 1.807) is 0 Å². The van der Waals surface area contributed by atoms with Crippen LogP contribution in [0.1, 0.15) is 135 Å². The van der Waals surface area contributed by atoms with E-state index in [1.807, 2.05) is 0 Å². The van der Waals surface area contributed by atoms with Gasteiger partial charge in [-0.1, -0.05) is 77.0 Å². The van der Waals surface area contributed by atoms with Crippen LogP contribution >= 0.6 is 0 Å². The minimum Gasteiger partial charge on any atom is -0.394 e. The second-order valence-corrected chi connectivity index (χ2v) is 22.6. The van der Waals surface area contributed by atoms with E-state index < -0.39 is 167 Å². The Hall–Kier alpha value is -3.82. The highest BCUT2D eigenvalue weighted by atomic mass is 16.7. The van der Waals surface area contributed by atoms with Gasteiger partial charge in [-0.05, 0) is 32.1 Å². The average molecular weight is 1270 g/mol. The number of hydroxylamine groups is 2. The highest BCUT2D eigenvalue weighted by molar-refractivity contribution is 6.01. The Balaban J connectivity index is 1.24. The average Bonchev–Trinajstić information content (AvgIpc) is 3.33. The SMILES string of the molecule is O=C(CCCCCCCCCCCCCCCCC(=O)ON1C(=O)CCC1=O)NCCCC[C@@H](C(O)NCCOC1OC(CO)C(O)C(O)C1O)N(CC(=O)NCCOC1OC(CO)C(O)C(O)C1O)CC(=O)NCCOC1OC(CO)C(O)C(O)C1O. The molecule has 88 heavy (non-hydrogen) atoms. The van der Waals surface area contributed by atoms with Crippen molar-refractivity contribution in [1.29, 1.82) is 0 Å². The second-order valence-electron chi connectivity index (χ2n) is 22.6. The maximum Gasteiger partial charge on any atom is 0.333 e. The van der Waals surface area contributed by atoms with Crippen LogP contribution in [0.2, 0.25) is 0 Å². The molecule has 0 aliphatic carbocycles. The van der Waals surface area contributed by atoms with Gasteiger partial charge in [-0.15, -0.1) is 5.06 Å². The van der Waals surface area contributed by atoms with Gasteiger partial charge in [0.15, 0.2) is 18.9 Å². The van der Waals surface area contributed by atoms with Gasteiger partial charge < -0.3 is 116 Å². The van der Waals surface area contributed by atoms with Crippen molar-refractivity contribution in [1.82, 2.24) is 31.2 Å². The van der Waals surface area contributed by atoms with Crippen molar-refractivity contribution < 1.29 is 128 Å². The number of rotatable bonds is 45. The molecule has 0 aromatic carbocycles. The Morgan fingerprint density at radius 1 is 0.466 bits per heavy atom. The van der Waals surface area contributed by atoms with Crippen LogP contribution < -0.4 is 21.3 Å². The molecule has 4 heterocycles. The maximum absolute atomic E-state index is 13.6. The molecule has 4 aliphatic rings. The number of hydrogen-bond acceptors (Lipinski definition) is 28. The Labute approximate surface area is 512 Å². The number of aliphatic hydroxyl groups is 13. The molecule has 16 unspecified atom stereocenters. The van der Waals surface area contributed by atoms with Gasteiger partial charge in [0, 0.05) is 51.9 Å². The molecule has 32 nitrogen and oxygen atoms in total. The van der Waals surface area contributed by atoms with Crippen molar-refractivity contribution in [3.05, 3.63) is 0 Å². The summed E-state index contributed by atoms with van der Waals surface area (Å²) >= 11 is 0. The fourth-order valence-electron chi connectivity index (χ4n) is 10.5. The lowest BCUT2D eigenvalue weighted by Crippen LogP contribution is -2.59. The first-order valence-corrected chi connectivity index (χ1v) is 31.0. The first kappa shape index (κ1) is 76.6. The molecule has 510 valence electrons. The van der Waals surface area contributed by atoms with E-state index in [2.05, 4.69) is 21.3 Å². The third kappa shape index (κ3) is 26.4. The normalized spacial score (nSPS) is 29.1. The van der Waals surface area contributed by atoms with E-state index in [0.29, 0.717) is 37.2 Å². The van der Waals surface area contributed by atoms with E-state index in [1.165, 1.54) is 4.90 Å². The van der Waals surface area contributed by atoms with E-state index in [0.717, 1.165) is 77.0 Å². The maximum atomic E-state index is 13.6. The van der Waals surface area contributed by atoms with Gasteiger partial charge in [0.1, 0.15) is 79.5 Å². The van der Waals surface area contributed by atoms with Gasteiger partial charge in [0.25, 0.3) is 11.8 Å². The second kappa shape index (κ2) is 42.3. The van der Waals surface area contributed by atoms with Crippen molar-refractivity contribution in [3.8, 4) is 0 Å². The molecule has 17 N–H and O–H groups in total. The lowest BCUT2D eigenvalue weighted by molar-refractivity contribution is -0.300. The van der Waals surface area contributed by atoms with Crippen LogP contribution in [-0.2, 0) is 62.0 Å². The Morgan fingerprint density at radius 2 is 0.830 bits per heavy atom. The molecule has 0 aromatic rings. The third-order valence-electron chi connectivity index (χ3n) is 15.7. The topological polar surface area (TPSA) is 485 Å². The predicted octanol–water partition coefficient (Wildman–Crippen LogP) is -5.62. The summed E-state index contributed by atoms with van der Waals surface area (Å²) < 4.78 is 32.7. The molecule has 0 spiro atoms. The fraction of sp³-hybridized carbons (Fsp3) is 0.893. The van der Waals surface area contributed by atoms with E-state index in [4.69, 9.17) is 33.3 Å². The molecule has 4 rings (SSSR count). The zero-order valence-corrected chi connectivity index (χ0v) is 50.2. The van der Waals surface area contributed by atoms with Gasteiger partial charge >= 0.3 is 5.97 Å². The van der Waals surface area contributed by atoms with Crippen LogP contribution in [0.25, 0.3) is 0 Å². The largest absolute Gasteiger partial charge is 0.394 e. The number of carbonyl (C=O) groups is 6. The van der Waals surface area contributed by atoms with Crippen molar-refractivity contribution in [3.63, 3.8) is 0 Å². The Morgan fingerprint density at radius 3 is 1.23 bits per heavy atom. The highest BCUT2D eigenvalue weighted by Crippen LogP contribution is 2.25. The van der Waals surface area contributed by atoms with Crippen LogP contribution in [0.5, 0.6) is 0 Å². The molecule has 5 amide bonds. The van der Waals surface area contributed by atoms with Crippen molar-refractivity contribution in [2.45, 2.75) is 239 Å². The number of ether oxygens (including phenoxy) is 6. The summed E-state index contributed by atoms with van der Waals surface area (Å²) in [6, 6.07) is -1.03. The number of aliphatic hydroxyl groups excluding tert-OH is 13. The molecule has 0 saturated carbocycles. The first-order valence-electron chi connectivity index (χ1n) is 31.0. The molecule has 4 fully saturated rings. The minimum atomic E-state index is -1.71. The summed E-state index contributed by atoms with van der Waals surface area (Å²) in [5, 5.41) is 144. The van der Waals surface area contributed by atoms with Gasteiger partial charge in [-0.2, -0.15) is 0 Å². The summed E-state index contributed by atoms with van der Waals surface area (Å²) in [7, 11) is 0. The summed E-state index contributed by atoms with van der Waals surface area (Å²) in [6.07, 6.45) is -9.22. The summed E-state index contributed by atoms with van der Waals surface area (Å²) in [6.45, 7) is -4.30. The van der Waals surface area contributed by atoms with Gasteiger partial charge in [-0.25, -0.2) is 4.79 Å². The zero-order chi connectivity index (χ0) is 64.5. The number of amides is 5. The predicted molar refractivity (Wildman–Crippen MR) is 302 cm³/mol. The number of nitrogens with zero attached hydrogens (tertiary/aromatic N) is 2. The molecule has 0 bridgehead atoms. The van der Waals surface area contributed by atoms with E-state index in [-0.39, 0.29) is 77.6 Å². The van der Waals surface area contributed by atoms with Crippen molar-refractivity contribution in [2.75, 3.05) is 78.9 Å². The Bertz CT molecular complexity index is 1950. The lowest BCUT2D eigenvalue weighted by atomic mass is 9.99. The number of unbranched alkanes of at least 4 members (excludes halogenated alkanes) is 14. The first-order chi connectivity index (χ1) is 42.2. The van der Waals surface area contributed by atoms with Crippen LogP contribution in [0, 0.1) is 0 Å². The smallest absolute Gasteiger partial charge is 0.333 e. The van der Waals surface area contributed by atoms with Crippen LogP contribution in [0.15, 0.2) is 0 Å². The quantitative estimate of drug-likeness (QED) is 0.0154. The highest BCUT2D eigenvalue weighted by Gasteiger charge is 2.46. The summed E-state index contributed by atoms with van der Waals surface area (Å²) in [4.78, 5) is 81.5. The standard InChI is InChI=1S/C56H100N6O26/c63-31-35-44(72)47(75)50(78)54(85-35)82-26-23-58-39(67)29-61(30-40(68)59-24-27-83-55-51(79)48(76)45(73)36(32-64)86-55)34(53(81)60-25-28-84-56-52(80)49(77)46(74)37(33-65)87-56)17-15-16-22-57-38(66)18-13-11-9-7-5-3-1-2-4-6-8-10-12-14-19-43(71)88-62-41(69)20-21-42(62)70/h34-37,44-56,60,63-65,72-81H,1-33H2,(H,57,66)(H,58,67)(H,59,68)/t34-,35?,36?,37?,44?,45?,46?,47?,48?,49?,50?,51?,52?,53?,54?,55?,56?/m0/s1. The Kier molecular flexibility index (Phi) is 36.9. The van der Waals surface area contributed by atoms with Crippen LogP contribution in [0.3, 0.4) is 0 Å². The fourth-order valence-corrected chi connectivity index (χ4v) is 10.5. The monoisotopic (exact) mass is 1270 g/mol. The van der Waals surface area contributed by atoms with Gasteiger partial charge in [0.05, 0.1) is 58.8 Å². The van der Waals surface area contributed by atoms with Crippen molar-refractivity contribution in [2.24, 2.45) is 0 Å². The molecular weight excluding hydrogens is 1170 g/mol. The van der Waals surface area contributed by atoms with Crippen LogP contribution in [-0.4, -0.2) is 295 Å². The summed E-state index contributed by atoms with van der Waals surface area (Å²) in [5.41, 5.74) is 0. The number of imide groups is 1. The molecule has 4 aliphatic heterocycles. The molecule has 32 heteroatoms. The van der Waals surface area contributed by atoms with Crippen molar-refractivity contribution >= 4 is 35.5 Å². The minimum absolute atomic E-state index is 0.0688. The van der Waals surface area contributed by atoms with E-state index in [9.17, 15) is 95.2 Å². The van der Waals surface area contributed by atoms with Crippen LogP contribution in [0.4, 0.5) is 0 Å². The van der Waals surface area contributed by atoms with Gasteiger partial charge in [0.2, 0.25) is 17.7 Å². The van der Waals surface area contributed by atoms with E-state index >= 15 is 0 Å². The molecule has 17 atom stereocenters. The summed E-state index contributed by atoms with van der Waals surface area (Å²) in [5.74, 6) is -3.02. The molecule has 0 radical (unpaired) electrons. The van der Waals surface area contributed by atoms with Gasteiger partial charge in [-0.3, -0.25) is 34.2 Å². The third-order valence-corrected chi connectivity index (χ3v) is 15.7. The number of carbonyl (C=O) groups excluding carboxylic acids is 6. The number of hydrogen-bond donors (Lipinski definition) is 17. The molecule has 4 saturated heterocycles. The molecule has 0 aromatic heterocycles. The lowest BCUT2D eigenvalue weighted by Gasteiger charge is -2.39. The molecular formula is C56H100N6O26. The number of nitrogens with one attached hydrogen (secondary N) is 4. The zero-order valence-electron chi connectivity index (χ0n) is 50.2.